The summed E-state index contributed by atoms with van der Waals surface area (Å²) in [5, 5.41) is 4.83. The van der Waals surface area contributed by atoms with Gasteiger partial charge < -0.3 is 5.32 Å². The Hall–Kier alpha value is -2.38. The maximum Gasteiger partial charge on any atom is 0.245 e. The summed E-state index contributed by atoms with van der Waals surface area (Å²) in [4.78, 5) is 12.4. The zero-order chi connectivity index (χ0) is 18.7. The third kappa shape index (κ3) is 4.42. The molecule has 3 aromatic carbocycles. The first-order valence-electron chi connectivity index (χ1n) is 7.85. The van der Waals surface area contributed by atoms with E-state index in [1.807, 2.05) is 36.4 Å². The van der Waals surface area contributed by atoms with Gasteiger partial charge in [-0.3, -0.25) is 9.10 Å². The highest BCUT2D eigenvalue weighted by Gasteiger charge is 2.20. The topological polar surface area (TPSA) is 66.5 Å². The third-order valence-electron chi connectivity index (χ3n) is 3.84. The summed E-state index contributed by atoms with van der Waals surface area (Å²) in [5.74, 6) is -0.409. The van der Waals surface area contributed by atoms with E-state index < -0.39 is 15.9 Å². The van der Waals surface area contributed by atoms with Crippen molar-refractivity contribution in [2.45, 2.75) is 0 Å². The van der Waals surface area contributed by atoms with Crippen LogP contribution in [-0.2, 0) is 14.8 Å². The Kier molecular flexibility index (Phi) is 5.29. The molecule has 7 heteroatoms. The fourth-order valence-electron chi connectivity index (χ4n) is 2.61. The van der Waals surface area contributed by atoms with Crippen LogP contribution in [0.4, 0.5) is 11.4 Å². The Morgan fingerprint density at radius 1 is 1.00 bits per heavy atom. The largest absolute Gasteiger partial charge is 0.324 e. The summed E-state index contributed by atoms with van der Waals surface area (Å²) in [6, 6.07) is 20.1. The van der Waals surface area contributed by atoms with E-state index >= 15 is 0 Å². The van der Waals surface area contributed by atoms with E-state index in [0.717, 1.165) is 25.8 Å². The number of hydrogen-bond donors (Lipinski definition) is 1. The van der Waals surface area contributed by atoms with Crippen molar-refractivity contribution in [1.82, 2.24) is 0 Å². The number of carbonyl (C=O) groups is 1. The maximum atomic E-state index is 12.4. The lowest BCUT2D eigenvalue weighted by Gasteiger charge is -2.22. The third-order valence-corrected chi connectivity index (χ3v) is 5.50. The lowest BCUT2D eigenvalue weighted by atomic mass is 10.1. The number of rotatable bonds is 5. The number of sulfonamides is 1. The molecule has 0 aliphatic carbocycles. The Morgan fingerprint density at radius 3 is 2.31 bits per heavy atom. The lowest BCUT2D eigenvalue weighted by molar-refractivity contribution is -0.114. The van der Waals surface area contributed by atoms with Crippen LogP contribution in [0.25, 0.3) is 10.8 Å². The van der Waals surface area contributed by atoms with Gasteiger partial charge in [0.1, 0.15) is 6.54 Å². The van der Waals surface area contributed by atoms with Crippen molar-refractivity contribution in [3.8, 4) is 0 Å². The van der Waals surface area contributed by atoms with Gasteiger partial charge in [0.05, 0.1) is 11.9 Å². The number of nitrogens with one attached hydrogen (secondary N) is 1. The Labute approximate surface area is 160 Å². The zero-order valence-corrected chi connectivity index (χ0v) is 16.4. The molecular weight excluding hydrogens is 416 g/mol. The van der Waals surface area contributed by atoms with Gasteiger partial charge >= 0.3 is 0 Å². The van der Waals surface area contributed by atoms with Crippen LogP contribution < -0.4 is 9.62 Å². The monoisotopic (exact) mass is 432 g/mol. The van der Waals surface area contributed by atoms with Gasteiger partial charge in [0, 0.05) is 10.2 Å². The van der Waals surface area contributed by atoms with Crippen LogP contribution in [0.15, 0.2) is 71.2 Å². The molecule has 0 fully saturated rings. The minimum absolute atomic E-state index is 0.298. The van der Waals surface area contributed by atoms with Gasteiger partial charge in [-0.1, -0.05) is 46.3 Å². The molecule has 134 valence electrons. The van der Waals surface area contributed by atoms with E-state index in [0.29, 0.717) is 11.4 Å². The minimum atomic E-state index is -3.60. The van der Waals surface area contributed by atoms with Crippen molar-refractivity contribution in [3.05, 3.63) is 71.2 Å². The van der Waals surface area contributed by atoms with Gasteiger partial charge in [-0.05, 0) is 47.2 Å². The average Bonchev–Trinajstić information content (AvgIpc) is 2.59. The van der Waals surface area contributed by atoms with Gasteiger partial charge in [-0.25, -0.2) is 8.42 Å². The van der Waals surface area contributed by atoms with Gasteiger partial charge in [-0.15, -0.1) is 0 Å². The first-order valence-corrected chi connectivity index (χ1v) is 10.5. The van der Waals surface area contributed by atoms with Crippen molar-refractivity contribution in [2.75, 3.05) is 22.4 Å². The molecule has 0 saturated heterocycles. The van der Waals surface area contributed by atoms with Crippen molar-refractivity contribution in [1.29, 1.82) is 0 Å². The molecule has 0 spiro atoms. The van der Waals surface area contributed by atoms with E-state index in [1.165, 1.54) is 0 Å². The molecule has 1 N–H and O–H groups in total. The number of anilines is 2. The summed E-state index contributed by atoms with van der Waals surface area (Å²) < 4.78 is 26.1. The second-order valence-corrected chi connectivity index (χ2v) is 8.68. The van der Waals surface area contributed by atoms with Crippen LogP contribution in [0.2, 0.25) is 0 Å². The normalized spacial score (nSPS) is 11.3. The van der Waals surface area contributed by atoms with Crippen LogP contribution in [-0.4, -0.2) is 27.1 Å². The summed E-state index contributed by atoms with van der Waals surface area (Å²) in [6.45, 7) is -0.298. The standard InChI is InChI=1S/C19H17BrN2O3S/c1-26(24,25)22(18-10-7-16(20)8-11-18)13-19(23)21-17-9-6-14-4-2-3-5-15(14)12-17/h2-12H,13H2,1H3,(H,21,23). The SMILES string of the molecule is CS(=O)(=O)N(CC(=O)Nc1ccc2ccccc2c1)c1ccc(Br)cc1. The molecule has 0 aromatic heterocycles. The molecule has 0 unspecified atom stereocenters. The molecule has 0 bridgehead atoms. The van der Waals surface area contributed by atoms with E-state index in [2.05, 4.69) is 21.2 Å². The second-order valence-electron chi connectivity index (χ2n) is 5.86. The fraction of sp³-hybridized carbons (Fsp3) is 0.105. The van der Waals surface area contributed by atoms with E-state index in [9.17, 15) is 13.2 Å². The quantitative estimate of drug-likeness (QED) is 0.662. The molecule has 3 rings (SSSR count). The summed E-state index contributed by atoms with van der Waals surface area (Å²) in [7, 11) is -3.60. The van der Waals surface area contributed by atoms with Crippen molar-refractivity contribution < 1.29 is 13.2 Å². The molecule has 0 aliphatic heterocycles. The van der Waals surface area contributed by atoms with Gasteiger partial charge in [-0.2, -0.15) is 0 Å². The van der Waals surface area contributed by atoms with Gasteiger partial charge in [0.25, 0.3) is 0 Å². The molecule has 26 heavy (non-hydrogen) atoms. The number of hydrogen-bond acceptors (Lipinski definition) is 3. The van der Waals surface area contributed by atoms with E-state index in [4.69, 9.17) is 0 Å². The highest BCUT2D eigenvalue weighted by molar-refractivity contribution is 9.10. The molecule has 0 atom stereocenters. The zero-order valence-electron chi connectivity index (χ0n) is 14.0. The highest BCUT2D eigenvalue weighted by Crippen LogP contribution is 2.22. The van der Waals surface area contributed by atoms with Crippen molar-refractivity contribution >= 4 is 54.0 Å². The Bertz CT molecular complexity index is 1050. The molecule has 3 aromatic rings. The summed E-state index contributed by atoms with van der Waals surface area (Å²) in [6.07, 6.45) is 1.08. The smallest absolute Gasteiger partial charge is 0.245 e. The molecule has 0 heterocycles. The van der Waals surface area contributed by atoms with E-state index in [-0.39, 0.29) is 6.54 Å². The predicted octanol–water partition coefficient (Wildman–Crippen LogP) is 4.01. The van der Waals surface area contributed by atoms with Gasteiger partial charge in [0.2, 0.25) is 15.9 Å². The summed E-state index contributed by atoms with van der Waals surface area (Å²) in [5.41, 5.74) is 1.06. The molecular formula is C19H17BrN2O3S. The number of benzene rings is 3. The molecule has 5 nitrogen and oxygen atoms in total. The Balaban J connectivity index is 1.80. The van der Waals surface area contributed by atoms with Crippen molar-refractivity contribution in [3.63, 3.8) is 0 Å². The number of amides is 1. The number of nitrogens with zero attached hydrogens (tertiary/aromatic N) is 1. The molecule has 0 saturated carbocycles. The van der Waals surface area contributed by atoms with Crippen molar-refractivity contribution in [2.24, 2.45) is 0 Å². The first-order chi connectivity index (χ1) is 12.3. The summed E-state index contributed by atoms with van der Waals surface area (Å²) >= 11 is 3.31. The average molecular weight is 433 g/mol. The van der Waals surface area contributed by atoms with Crippen LogP contribution >= 0.6 is 15.9 Å². The maximum absolute atomic E-state index is 12.4. The van der Waals surface area contributed by atoms with Crippen LogP contribution in [0.3, 0.4) is 0 Å². The number of halogens is 1. The second kappa shape index (κ2) is 7.47. The fourth-order valence-corrected chi connectivity index (χ4v) is 3.73. The lowest BCUT2D eigenvalue weighted by Crippen LogP contribution is -2.37. The highest BCUT2D eigenvalue weighted by atomic mass is 79.9. The van der Waals surface area contributed by atoms with Gasteiger partial charge in [0.15, 0.2) is 0 Å². The molecule has 0 radical (unpaired) electrons. The molecule has 1 amide bonds. The van der Waals surface area contributed by atoms with E-state index in [1.54, 1.807) is 30.3 Å². The predicted molar refractivity (Wildman–Crippen MR) is 109 cm³/mol. The number of fused-ring (bicyclic) bond motifs is 1. The first kappa shape index (κ1) is 18.4. The molecule has 0 aliphatic rings. The minimum Gasteiger partial charge on any atom is -0.324 e. The van der Waals surface area contributed by atoms with Crippen LogP contribution in [0, 0.1) is 0 Å². The van der Waals surface area contributed by atoms with Crippen LogP contribution in [0.5, 0.6) is 0 Å². The number of carbonyl (C=O) groups excluding carboxylic acids is 1. The van der Waals surface area contributed by atoms with Crippen LogP contribution in [0.1, 0.15) is 0 Å². The Morgan fingerprint density at radius 2 is 1.65 bits per heavy atom.